The van der Waals surface area contributed by atoms with Crippen LogP contribution >= 0.6 is 0 Å². The summed E-state index contributed by atoms with van der Waals surface area (Å²) in [5.74, 6) is -0.672. The van der Waals surface area contributed by atoms with Crippen LogP contribution in [-0.4, -0.2) is 11.8 Å². The van der Waals surface area contributed by atoms with E-state index in [1.807, 2.05) is 18.2 Å². The van der Waals surface area contributed by atoms with Gasteiger partial charge in [0.1, 0.15) is 0 Å². The van der Waals surface area contributed by atoms with E-state index in [0.717, 1.165) is 0 Å². The number of hydrogen-bond acceptors (Lipinski definition) is 3. The lowest BCUT2D eigenvalue weighted by molar-refractivity contribution is -0.122. The average molecular weight is 252 g/mol. The number of carbonyl (C=O) groups is 2. The lowest BCUT2D eigenvalue weighted by Crippen LogP contribution is -2.30. The fourth-order valence-corrected chi connectivity index (χ4v) is 2.74. The summed E-state index contributed by atoms with van der Waals surface area (Å²) in [5, 5.41) is 8.76. The Hall–Kier alpha value is -2.41. The van der Waals surface area contributed by atoms with Gasteiger partial charge in [-0.05, 0) is 37.1 Å². The summed E-state index contributed by atoms with van der Waals surface area (Å²) >= 11 is 0. The first-order valence-electron chi connectivity index (χ1n) is 6.25. The van der Waals surface area contributed by atoms with Gasteiger partial charge in [-0.2, -0.15) is 5.26 Å². The lowest BCUT2D eigenvalue weighted by Gasteiger charge is -2.14. The topological polar surface area (TPSA) is 61.2 Å². The molecule has 1 saturated heterocycles. The molecular weight excluding hydrogens is 240 g/mol. The minimum atomic E-state index is -0.215. The van der Waals surface area contributed by atoms with E-state index in [0.29, 0.717) is 24.1 Å². The summed E-state index contributed by atoms with van der Waals surface area (Å²) in [4.78, 5) is 25.9. The van der Waals surface area contributed by atoms with Gasteiger partial charge in [0, 0.05) is 0 Å². The molecule has 0 bridgehead atoms. The van der Waals surface area contributed by atoms with Crippen molar-refractivity contribution in [1.82, 2.24) is 0 Å². The third-order valence-corrected chi connectivity index (χ3v) is 3.76. The van der Waals surface area contributed by atoms with E-state index in [2.05, 4.69) is 0 Å². The number of carbonyl (C=O) groups excluding carboxylic acids is 2. The van der Waals surface area contributed by atoms with E-state index in [4.69, 9.17) is 5.26 Å². The van der Waals surface area contributed by atoms with Gasteiger partial charge in [0.25, 0.3) is 0 Å². The van der Waals surface area contributed by atoms with E-state index >= 15 is 0 Å². The molecule has 19 heavy (non-hydrogen) atoms. The van der Waals surface area contributed by atoms with Crippen LogP contribution in [0.1, 0.15) is 18.4 Å². The maximum Gasteiger partial charge on any atom is 0.238 e. The smallest absolute Gasteiger partial charge is 0.238 e. The first-order valence-corrected chi connectivity index (χ1v) is 6.25. The van der Waals surface area contributed by atoms with Gasteiger partial charge >= 0.3 is 0 Å². The normalized spacial score (nSPS) is 25.3. The molecular formula is C15H12N2O2. The molecule has 1 fully saturated rings. The summed E-state index contributed by atoms with van der Waals surface area (Å²) in [5.41, 5.74) is 1.07. The standard InChI is InChI=1S/C15H12N2O2/c16-9-10-5-7-11(8-6-10)17-14(18)12-3-1-2-4-13(12)15(17)19/h1-2,5-8,12-13H,3-4H2/t12-,13+. The van der Waals surface area contributed by atoms with Crippen molar-refractivity contribution < 1.29 is 9.59 Å². The summed E-state index contributed by atoms with van der Waals surface area (Å²) in [6.07, 6.45) is 5.22. The number of imide groups is 1. The van der Waals surface area contributed by atoms with Gasteiger partial charge in [-0.25, -0.2) is 0 Å². The van der Waals surface area contributed by atoms with Crippen molar-refractivity contribution in [2.75, 3.05) is 4.90 Å². The molecule has 2 aliphatic rings. The number of amides is 2. The van der Waals surface area contributed by atoms with Crippen LogP contribution in [0, 0.1) is 23.2 Å². The highest BCUT2D eigenvalue weighted by molar-refractivity contribution is 6.22. The molecule has 94 valence electrons. The van der Waals surface area contributed by atoms with Crippen LogP contribution in [0.25, 0.3) is 0 Å². The summed E-state index contributed by atoms with van der Waals surface area (Å²) in [6.45, 7) is 0. The second-order valence-electron chi connectivity index (χ2n) is 4.83. The van der Waals surface area contributed by atoms with Crippen LogP contribution in [0.5, 0.6) is 0 Å². The quantitative estimate of drug-likeness (QED) is 0.567. The maximum absolute atomic E-state index is 12.3. The maximum atomic E-state index is 12.3. The summed E-state index contributed by atoms with van der Waals surface area (Å²) in [7, 11) is 0. The predicted octanol–water partition coefficient (Wildman–Crippen LogP) is 2.01. The Morgan fingerprint density at radius 2 is 1.53 bits per heavy atom. The molecule has 1 aliphatic carbocycles. The highest BCUT2D eigenvalue weighted by Crippen LogP contribution is 2.37. The van der Waals surface area contributed by atoms with E-state index < -0.39 is 0 Å². The molecule has 0 aromatic heterocycles. The highest BCUT2D eigenvalue weighted by Gasteiger charge is 2.47. The van der Waals surface area contributed by atoms with Gasteiger partial charge in [-0.15, -0.1) is 0 Å². The third-order valence-electron chi connectivity index (χ3n) is 3.76. The number of fused-ring (bicyclic) bond motifs is 1. The van der Waals surface area contributed by atoms with E-state index in [1.165, 1.54) is 4.90 Å². The molecule has 4 nitrogen and oxygen atoms in total. The molecule has 1 heterocycles. The van der Waals surface area contributed by atoms with Crippen molar-refractivity contribution in [3.8, 4) is 6.07 Å². The first-order chi connectivity index (χ1) is 9.22. The Labute approximate surface area is 110 Å². The molecule has 3 rings (SSSR count). The third kappa shape index (κ3) is 1.75. The van der Waals surface area contributed by atoms with Gasteiger partial charge < -0.3 is 0 Å². The SMILES string of the molecule is N#Cc1ccc(N2C(=O)[C@H]3CC=CC[C@H]3C2=O)cc1. The highest BCUT2D eigenvalue weighted by atomic mass is 16.2. The molecule has 0 unspecified atom stereocenters. The minimum Gasteiger partial charge on any atom is -0.274 e. The Morgan fingerprint density at radius 1 is 1.00 bits per heavy atom. The van der Waals surface area contributed by atoms with Crippen molar-refractivity contribution >= 4 is 17.5 Å². The number of benzene rings is 1. The summed E-state index contributed by atoms with van der Waals surface area (Å²) in [6, 6.07) is 8.56. The molecule has 1 aromatic rings. The molecule has 2 atom stereocenters. The Bertz CT molecular complexity index is 584. The Balaban J connectivity index is 1.95. The van der Waals surface area contributed by atoms with Crippen molar-refractivity contribution in [1.29, 1.82) is 5.26 Å². The van der Waals surface area contributed by atoms with Crippen molar-refractivity contribution in [3.05, 3.63) is 42.0 Å². The molecule has 1 aliphatic heterocycles. The summed E-state index contributed by atoms with van der Waals surface area (Å²) < 4.78 is 0. The fraction of sp³-hybridized carbons (Fsp3) is 0.267. The first kappa shape index (κ1) is 11.7. The lowest BCUT2D eigenvalue weighted by atomic mass is 9.85. The van der Waals surface area contributed by atoms with Gasteiger partial charge in [0.05, 0.1) is 29.2 Å². The molecule has 2 amide bonds. The van der Waals surface area contributed by atoms with E-state index in [1.54, 1.807) is 24.3 Å². The Morgan fingerprint density at radius 3 is 2.00 bits per heavy atom. The molecule has 0 N–H and O–H groups in total. The van der Waals surface area contributed by atoms with E-state index in [9.17, 15) is 9.59 Å². The molecule has 0 saturated carbocycles. The van der Waals surface area contributed by atoms with Crippen LogP contribution in [0.3, 0.4) is 0 Å². The van der Waals surface area contributed by atoms with Crippen LogP contribution in [0.2, 0.25) is 0 Å². The van der Waals surface area contributed by atoms with Gasteiger partial charge in [-0.3, -0.25) is 14.5 Å². The number of anilines is 1. The van der Waals surface area contributed by atoms with Crippen LogP contribution in [-0.2, 0) is 9.59 Å². The largest absolute Gasteiger partial charge is 0.274 e. The number of hydrogen-bond donors (Lipinski definition) is 0. The minimum absolute atomic E-state index is 0.121. The van der Waals surface area contributed by atoms with Gasteiger partial charge in [0.15, 0.2) is 0 Å². The average Bonchev–Trinajstić information content (AvgIpc) is 2.72. The zero-order valence-electron chi connectivity index (χ0n) is 10.2. The van der Waals surface area contributed by atoms with Crippen molar-refractivity contribution in [3.63, 3.8) is 0 Å². The number of allylic oxidation sites excluding steroid dienone is 2. The molecule has 0 spiro atoms. The van der Waals surface area contributed by atoms with Gasteiger partial charge in [-0.1, -0.05) is 12.2 Å². The Kier molecular flexibility index (Phi) is 2.68. The molecule has 0 radical (unpaired) electrons. The number of nitrogens with zero attached hydrogens (tertiary/aromatic N) is 2. The van der Waals surface area contributed by atoms with E-state index in [-0.39, 0.29) is 23.7 Å². The monoisotopic (exact) mass is 252 g/mol. The molecule has 1 aromatic carbocycles. The number of nitriles is 1. The van der Waals surface area contributed by atoms with Crippen LogP contribution in [0.4, 0.5) is 5.69 Å². The van der Waals surface area contributed by atoms with Crippen molar-refractivity contribution in [2.45, 2.75) is 12.8 Å². The fourth-order valence-electron chi connectivity index (χ4n) is 2.74. The van der Waals surface area contributed by atoms with Crippen LogP contribution < -0.4 is 4.90 Å². The zero-order valence-corrected chi connectivity index (χ0v) is 10.2. The predicted molar refractivity (Wildman–Crippen MR) is 69.0 cm³/mol. The number of rotatable bonds is 1. The van der Waals surface area contributed by atoms with Gasteiger partial charge in [0.2, 0.25) is 11.8 Å². The second-order valence-corrected chi connectivity index (χ2v) is 4.83. The second kappa shape index (κ2) is 4.36. The van der Waals surface area contributed by atoms with Crippen LogP contribution in [0.15, 0.2) is 36.4 Å². The zero-order chi connectivity index (χ0) is 13.4. The molecule has 4 heteroatoms. The van der Waals surface area contributed by atoms with Crippen molar-refractivity contribution in [2.24, 2.45) is 11.8 Å².